The second-order valence-corrected chi connectivity index (χ2v) is 5.81. The Labute approximate surface area is 131 Å². The number of benzene rings is 1. The van der Waals surface area contributed by atoms with Gasteiger partial charge in [-0.3, -0.25) is 14.4 Å². The molecule has 3 rings (SSSR count). The van der Waals surface area contributed by atoms with Crippen molar-refractivity contribution in [1.82, 2.24) is 0 Å². The van der Waals surface area contributed by atoms with E-state index in [1.165, 1.54) is 6.08 Å². The van der Waals surface area contributed by atoms with E-state index in [1.54, 1.807) is 12.1 Å². The molecule has 22 heavy (non-hydrogen) atoms. The largest absolute Gasteiger partial charge is 0.480 e. The average Bonchev–Trinajstić information content (AvgIpc) is 2.46. The molecule has 2 unspecified atom stereocenters. The molecule has 1 amide bonds. The lowest BCUT2D eigenvalue weighted by atomic mass is 9.77. The van der Waals surface area contributed by atoms with E-state index in [2.05, 4.69) is 4.99 Å². The Bertz CT molecular complexity index is 750. The number of allylic oxidation sites excluding steroid dienone is 1. The zero-order chi connectivity index (χ0) is 15.9. The van der Waals surface area contributed by atoms with Gasteiger partial charge in [-0.25, -0.2) is 4.99 Å². The van der Waals surface area contributed by atoms with Gasteiger partial charge in [-0.15, -0.1) is 0 Å². The Hall–Kier alpha value is -2.27. The van der Waals surface area contributed by atoms with E-state index in [0.29, 0.717) is 17.2 Å². The Morgan fingerprint density at radius 3 is 2.73 bits per heavy atom. The summed E-state index contributed by atoms with van der Waals surface area (Å²) in [5.41, 5.74) is 1.56. The van der Waals surface area contributed by atoms with Crippen LogP contribution in [-0.2, 0) is 14.4 Å². The minimum absolute atomic E-state index is 0.101. The third kappa shape index (κ3) is 2.60. The van der Waals surface area contributed by atoms with Crippen LogP contribution in [0.25, 0.3) is 0 Å². The maximum Gasteiger partial charge on any atom is 0.320 e. The second kappa shape index (κ2) is 5.50. The van der Waals surface area contributed by atoms with Crippen molar-refractivity contribution in [2.45, 2.75) is 18.8 Å². The Morgan fingerprint density at radius 1 is 1.27 bits per heavy atom. The van der Waals surface area contributed by atoms with Gasteiger partial charge in [-0.2, -0.15) is 0 Å². The number of ketones is 1. The van der Waals surface area contributed by atoms with Crippen LogP contribution < -0.4 is 0 Å². The maximum absolute atomic E-state index is 12.3. The Kier molecular flexibility index (Phi) is 3.66. The zero-order valence-electron chi connectivity index (χ0n) is 11.5. The summed E-state index contributed by atoms with van der Waals surface area (Å²) in [5.74, 6) is -3.66. The zero-order valence-corrected chi connectivity index (χ0v) is 12.2. The fraction of sp³-hybridized carbons (Fsp3) is 0.250. The number of aliphatic imine (C=N–C) groups is 1. The van der Waals surface area contributed by atoms with E-state index in [1.807, 2.05) is 12.1 Å². The Morgan fingerprint density at radius 2 is 2.05 bits per heavy atom. The van der Waals surface area contributed by atoms with Crippen LogP contribution >= 0.6 is 11.6 Å². The van der Waals surface area contributed by atoms with Gasteiger partial charge in [-0.05, 0) is 36.1 Å². The predicted molar refractivity (Wildman–Crippen MR) is 80.1 cm³/mol. The summed E-state index contributed by atoms with van der Waals surface area (Å²) in [5, 5.41) is 9.57. The number of amides is 1. The average molecular weight is 318 g/mol. The van der Waals surface area contributed by atoms with Crippen molar-refractivity contribution < 1.29 is 19.5 Å². The van der Waals surface area contributed by atoms with Crippen molar-refractivity contribution in [2.24, 2.45) is 10.9 Å². The van der Waals surface area contributed by atoms with E-state index < -0.39 is 17.8 Å². The van der Waals surface area contributed by atoms with Crippen molar-refractivity contribution in [3.8, 4) is 0 Å². The number of nitrogens with zero attached hydrogens (tertiary/aromatic N) is 1. The maximum atomic E-state index is 12.3. The third-order valence-corrected chi connectivity index (χ3v) is 4.15. The number of carbonyl (C=O) groups excluding carboxylic acids is 2. The number of Topliss-reactive ketones (excluding diaryl/α,β-unsaturated/α-hetero) is 1. The summed E-state index contributed by atoms with van der Waals surface area (Å²) < 4.78 is 0. The van der Waals surface area contributed by atoms with Crippen LogP contribution in [0.15, 0.2) is 40.9 Å². The molecule has 1 aromatic rings. The summed E-state index contributed by atoms with van der Waals surface area (Å²) in [7, 11) is 0. The molecular weight excluding hydrogens is 306 g/mol. The number of fused-ring (bicyclic) bond motifs is 1. The van der Waals surface area contributed by atoms with Gasteiger partial charge in [0.1, 0.15) is 0 Å². The van der Waals surface area contributed by atoms with Gasteiger partial charge in [-0.1, -0.05) is 23.7 Å². The van der Waals surface area contributed by atoms with Crippen LogP contribution in [0.2, 0.25) is 5.02 Å². The first-order valence-electron chi connectivity index (χ1n) is 6.81. The number of aliphatic carboxylic acids is 1. The summed E-state index contributed by atoms with van der Waals surface area (Å²) in [6, 6.07) is 7.23. The van der Waals surface area contributed by atoms with Gasteiger partial charge in [0.25, 0.3) is 5.91 Å². The molecule has 1 N–H and O–H groups in total. The Balaban J connectivity index is 1.92. The molecule has 1 saturated carbocycles. The number of dihydropyridines is 1. The van der Waals surface area contributed by atoms with Crippen LogP contribution in [0.3, 0.4) is 0 Å². The van der Waals surface area contributed by atoms with Crippen molar-refractivity contribution in [3.63, 3.8) is 0 Å². The first-order valence-corrected chi connectivity index (χ1v) is 7.18. The fourth-order valence-electron chi connectivity index (χ4n) is 2.82. The van der Waals surface area contributed by atoms with Gasteiger partial charge < -0.3 is 5.11 Å². The van der Waals surface area contributed by atoms with Gasteiger partial charge in [0.2, 0.25) is 0 Å². The first kappa shape index (κ1) is 14.7. The molecule has 2 aliphatic rings. The first-order chi connectivity index (χ1) is 10.5. The SMILES string of the molecule is O=C1CC(c2cccc(Cl)c2)CC2=NC(=O)C(C(=O)O)C=C12. The molecule has 0 bridgehead atoms. The molecule has 6 heteroatoms. The number of halogens is 1. The highest BCUT2D eigenvalue weighted by atomic mass is 35.5. The lowest BCUT2D eigenvalue weighted by Crippen LogP contribution is -2.33. The smallest absolute Gasteiger partial charge is 0.320 e. The van der Waals surface area contributed by atoms with Crippen LogP contribution in [0.5, 0.6) is 0 Å². The molecule has 1 aromatic carbocycles. The minimum atomic E-state index is -1.36. The van der Waals surface area contributed by atoms with E-state index in [0.717, 1.165) is 5.56 Å². The monoisotopic (exact) mass is 317 g/mol. The number of rotatable bonds is 2. The van der Waals surface area contributed by atoms with E-state index >= 15 is 0 Å². The second-order valence-electron chi connectivity index (χ2n) is 5.38. The lowest BCUT2D eigenvalue weighted by molar-refractivity contribution is -0.143. The van der Waals surface area contributed by atoms with Crippen molar-refractivity contribution >= 4 is 35.0 Å². The molecule has 0 radical (unpaired) electrons. The summed E-state index contributed by atoms with van der Waals surface area (Å²) in [6.45, 7) is 0. The number of hydrogen-bond donors (Lipinski definition) is 1. The fourth-order valence-corrected chi connectivity index (χ4v) is 3.02. The molecule has 1 aliphatic carbocycles. The van der Waals surface area contributed by atoms with Gasteiger partial charge >= 0.3 is 5.97 Å². The summed E-state index contributed by atoms with van der Waals surface area (Å²) in [6.07, 6.45) is 1.91. The van der Waals surface area contributed by atoms with Gasteiger partial charge in [0.15, 0.2) is 11.7 Å². The van der Waals surface area contributed by atoms with Crippen molar-refractivity contribution in [3.05, 3.63) is 46.5 Å². The summed E-state index contributed by atoms with van der Waals surface area (Å²) in [4.78, 5) is 38.9. The molecule has 1 fully saturated rings. The molecular formula is C16H12ClNO4. The molecule has 0 saturated heterocycles. The lowest BCUT2D eigenvalue weighted by Gasteiger charge is -2.27. The third-order valence-electron chi connectivity index (χ3n) is 3.91. The van der Waals surface area contributed by atoms with Crippen molar-refractivity contribution in [1.29, 1.82) is 0 Å². The highest BCUT2D eigenvalue weighted by molar-refractivity contribution is 6.31. The quantitative estimate of drug-likeness (QED) is 0.849. The highest BCUT2D eigenvalue weighted by Crippen LogP contribution is 2.35. The number of hydrogen-bond acceptors (Lipinski definition) is 3. The minimum Gasteiger partial charge on any atom is -0.480 e. The number of carboxylic acid groups (broad SMARTS) is 1. The van der Waals surface area contributed by atoms with E-state index in [4.69, 9.17) is 16.7 Å². The number of carbonyl (C=O) groups is 3. The van der Waals surface area contributed by atoms with Crippen LogP contribution in [0, 0.1) is 5.92 Å². The van der Waals surface area contributed by atoms with E-state index in [-0.39, 0.29) is 23.7 Å². The molecule has 0 spiro atoms. The standard InChI is InChI=1S/C16H12ClNO4/c17-10-3-1-2-8(4-10)9-5-13-11(14(19)6-9)7-12(16(21)22)15(20)18-13/h1-4,7,9,12H,5-6H2,(H,21,22). The van der Waals surface area contributed by atoms with E-state index in [9.17, 15) is 14.4 Å². The molecule has 1 heterocycles. The summed E-state index contributed by atoms with van der Waals surface area (Å²) >= 11 is 5.97. The molecule has 1 aliphatic heterocycles. The normalized spacial score (nSPS) is 24.4. The number of carboxylic acids is 1. The van der Waals surface area contributed by atoms with Crippen LogP contribution in [0.1, 0.15) is 24.3 Å². The van der Waals surface area contributed by atoms with Crippen LogP contribution in [0.4, 0.5) is 0 Å². The van der Waals surface area contributed by atoms with Crippen LogP contribution in [-0.4, -0.2) is 28.5 Å². The topological polar surface area (TPSA) is 83.8 Å². The van der Waals surface area contributed by atoms with Crippen molar-refractivity contribution in [2.75, 3.05) is 0 Å². The molecule has 5 nitrogen and oxygen atoms in total. The molecule has 112 valence electrons. The molecule has 0 aromatic heterocycles. The highest BCUT2D eigenvalue weighted by Gasteiger charge is 2.37. The van der Waals surface area contributed by atoms with Gasteiger partial charge in [0, 0.05) is 17.0 Å². The van der Waals surface area contributed by atoms with Gasteiger partial charge in [0.05, 0.1) is 5.71 Å². The predicted octanol–water partition coefficient (Wildman–Crippen LogP) is 2.39. The molecule has 2 atom stereocenters.